The zero-order valence-electron chi connectivity index (χ0n) is 10.5. The average molecular weight is 272 g/mol. The molecule has 1 aliphatic rings. The Bertz CT molecular complexity index is 473. The standard InChI is InChI=1S/C13H15F3N2O/c1-9-4-2-3-5-10(9)12-17-8-11(19)18(12)7-6-13(14,15)16/h2-5,12,17H,6-8H2,1H3. The SMILES string of the molecule is Cc1ccccc1C1NCC(=O)N1CCC(F)(F)F. The van der Waals surface area contributed by atoms with E-state index in [2.05, 4.69) is 5.32 Å². The molecule has 0 bridgehead atoms. The zero-order chi connectivity index (χ0) is 14.0. The lowest BCUT2D eigenvalue weighted by Crippen LogP contribution is -2.33. The molecular weight excluding hydrogens is 257 g/mol. The first kappa shape index (κ1) is 13.9. The minimum Gasteiger partial charge on any atom is -0.321 e. The Balaban J connectivity index is 2.16. The van der Waals surface area contributed by atoms with Crippen LogP contribution >= 0.6 is 0 Å². The molecule has 1 saturated heterocycles. The van der Waals surface area contributed by atoms with Crippen molar-refractivity contribution in [2.45, 2.75) is 25.7 Å². The van der Waals surface area contributed by atoms with Crippen molar-refractivity contribution >= 4 is 5.91 Å². The van der Waals surface area contributed by atoms with Gasteiger partial charge in [-0.1, -0.05) is 24.3 Å². The first-order valence-corrected chi connectivity index (χ1v) is 6.03. The summed E-state index contributed by atoms with van der Waals surface area (Å²) in [4.78, 5) is 12.9. The second kappa shape index (κ2) is 5.21. The van der Waals surface area contributed by atoms with Gasteiger partial charge in [0.15, 0.2) is 0 Å². The number of hydrogen-bond donors (Lipinski definition) is 1. The van der Waals surface area contributed by atoms with Crippen LogP contribution in [0.15, 0.2) is 24.3 Å². The van der Waals surface area contributed by atoms with Gasteiger partial charge in [-0.15, -0.1) is 0 Å². The van der Waals surface area contributed by atoms with Gasteiger partial charge in [-0.3, -0.25) is 10.1 Å². The van der Waals surface area contributed by atoms with Crippen LogP contribution in [0.2, 0.25) is 0 Å². The maximum Gasteiger partial charge on any atom is 0.390 e. The highest BCUT2D eigenvalue weighted by atomic mass is 19.4. The molecule has 1 heterocycles. The fraction of sp³-hybridized carbons (Fsp3) is 0.462. The highest BCUT2D eigenvalue weighted by Gasteiger charge is 2.35. The topological polar surface area (TPSA) is 32.3 Å². The van der Waals surface area contributed by atoms with Gasteiger partial charge >= 0.3 is 6.18 Å². The molecule has 0 saturated carbocycles. The van der Waals surface area contributed by atoms with Crippen LogP contribution in [0.1, 0.15) is 23.7 Å². The molecule has 0 radical (unpaired) electrons. The summed E-state index contributed by atoms with van der Waals surface area (Å²) in [7, 11) is 0. The van der Waals surface area contributed by atoms with Crippen LogP contribution in [-0.2, 0) is 4.79 Å². The molecule has 104 valence electrons. The molecule has 3 nitrogen and oxygen atoms in total. The fourth-order valence-electron chi connectivity index (χ4n) is 2.21. The van der Waals surface area contributed by atoms with E-state index in [1.165, 1.54) is 4.90 Å². The van der Waals surface area contributed by atoms with Gasteiger partial charge in [0.25, 0.3) is 0 Å². The van der Waals surface area contributed by atoms with Crippen molar-refractivity contribution in [2.24, 2.45) is 0 Å². The van der Waals surface area contributed by atoms with Gasteiger partial charge in [0.05, 0.1) is 13.0 Å². The second-order valence-electron chi connectivity index (χ2n) is 4.59. The first-order chi connectivity index (χ1) is 8.88. The van der Waals surface area contributed by atoms with E-state index < -0.39 is 18.8 Å². The van der Waals surface area contributed by atoms with Crippen LogP contribution in [-0.4, -0.2) is 30.1 Å². The number of carbonyl (C=O) groups is 1. The van der Waals surface area contributed by atoms with Gasteiger partial charge in [0, 0.05) is 6.54 Å². The number of alkyl halides is 3. The number of nitrogens with one attached hydrogen (secondary N) is 1. The van der Waals surface area contributed by atoms with E-state index in [9.17, 15) is 18.0 Å². The third kappa shape index (κ3) is 3.26. The van der Waals surface area contributed by atoms with Crippen molar-refractivity contribution in [3.63, 3.8) is 0 Å². The second-order valence-corrected chi connectivity index (χ2v) is 4.59. The van der Waals surface area contributed by atoms with Gasteiger partial charge in [-0.25, -0.2) is 0 Å². The average Bonchev–Trinajstić information content (AvgIpc) is 2.68. The van der Waals surface area contributed by atoms with Crippen LogP contribution in [0.25, 0.3) is 0 Å². The lowest BCUT2D eigenvalue weighted by molar-refractivity contribution is -0.144. The van der Waals surface area contributed by atoms with Crippen molar-refractivity contribution in [1.82, 2.24) is 10.2 Å². The Morgan fingerprint density at radius 2 is 2.05 bits per heavy atom. The molecule has 1 N–H and O–H groups in total. The number of amides is 1. The largest absolute Gasteiger partial charge is 0.390 e. The predicted molar refractivity (Wildman–Crippen MR) is 64.3 cm³/mol. The molecule has 0 aromatic heterocycles. The van der Waals surface area contributed by atoms with Gasteiger partial charge < -0.3 is 4.90 Å². The number of aryl methyl sites for hydroxylation is 1. The molecule has 1 fully saturated rings. The van der Waals surface area contributed by atoms with Crippen molar-refractivity contribution < 1.29 is 18.0 Å². The molecule has 1 amide bonds. The monoisotopic (exact) mass is 272 g/mol. The Labute approximate surface area is 109 Å². The normalized spacial score (nSPS) is 20.1. The van der Waals surface area contributed by atoms with Crippen LogP contribution in [0, 0.1) is 6.92 Å². The van der Waals surface area contributed by atoms with E-state index >= 15 is 0 Å². The molecule has 1 unspecified atom stereocenters. The predicted octanol–water partition coefficient (Wildman–Crippen LogP) is 2.38. The molecular formula is C13H15F3N2O. The summed E-state index contributed by atoms with van der Waals surface area (Å²) < 4.78 is 36.9. The van der Waals surface area contributed by atoms with Crippen LogP contribution in [0.4, 0.5) is 13.2 Å². The van der Waals surface area contributed by atoms with Crippen molar-refractivity contribution in [3.8, 4) is 0 Å². The summed E-state index contributed by atoms with van der Waals surface area (Å²) in [5, 5.41) is 2.96. The van der Waals surface area contributed by atoms with Gasteiger partial charge in [0.1, 0.15) is 6.17 Å². The summed E-state index contributed by atoms with van der Waals surface area (Å²) >= 11 is 0. The van der Waals surface area contributed by atoms with Crippen molar-refractivity contribution in [1.29, 1.82) is 0 Å². The van der Waals surface area contributed by atoms with Gasteiger partial charge in [0.2, 0.25) is 5.91 Å². The number of halogens is 3. The molecule has 1 aliphatic heterocycles. The Hall–Kier alpha value is -1.56. The van der Waals surface area contributed by atoms with Crippen molar-refractivity contribution in [2.75, 3.05) is 13.1 Å². The highest BCUT2D eigenvalue weighted by Crippen LogP contribution is 2.27. The summed E-state index contributed by atoms with van der Waals surface area (Å²) in [6.45, 7) is 1.65. The van der Waals surface area contributed by atoms with E-state index in [4.69, 9.17) is 0 Å². The maximum atomic E-state index is 12.3. The minimum atomic E-state index is -4.25. The van der Waals surface area contributed by atoms with Crippen molar-refractivity contribution in [3.05, 3.63) is 35.4 Å². The zero-order valence-corrected chi connectivity index (χ0v) is 10.5. The quantitative estimate of drug-likeness (QED) is 0.916. The number of hydrogen-bond acceptors (Lipinski definition) is 2. The number of nitrogens with zero attached hydrogens (tertiary/aromatic N) is 1. The molecule has 19 heavy (non-hydrogen) atoms. The maximum absolute atomic E-state index is 12.3. The Morgan fingerprint density at radius 3 is 2.68 bits per heavy atom. The van der Waals surface area contributed by atoms with E-state index in [0.29, 0.717) is 0 Å². The molecule has 1 aromatic carbocycles. The number of benzene rings is 1. The van der Waals surface area contributed by atoms with Crippen LogP contribution in [0.3, 0.4) is 0 Å². The molecule has 6 heteroatoms. The smallest absolute Gasteiger partial charge is 0.321 e. The van der Waals surface area contributed by atoms with Crippen LogP contribution < -0.4 is 5.32 Å². The Morgan fingerprint density at radius 1 is 1.37 bits per heavy atom. The van der Waals surface area contributed by atoms with E-state index in [0.717, 1.165) is 11.1 Å². The first-order valence-electron chi connectivity index (χ1n) is 6.03. The molecule has 1 aromatic rings. The molecule has 2 rings (SSSR count). The van der Waals surface area contributed by atoms with E-state index in [1.807, 2.05) is 31.2 Å². The summed E-state index contributed by atoms with van der Waals surface area (Å²) in [6.07, 6.45) is -5.70. The third-order valence-electron chi connectivity index (χ3n) is 3.20. The summed E-state index contributed by atoms with van der Waals surface area (Å²) in [6, 6.07) is 7.37. The van der Waals surface area contributed by atoms with E-state index in [-0.39, 0.29) is 19.0 Å². The van der Waals surface area contributed by atoms with E-state index in [1.54, 1.807) is 0 Å². The molecule has 0 spiro atoms. The fourth-order valence-corrected chi connectivity index (χ4v) is 2.21. The summed E-state index contributed by atoms with van der Waals surface area (Å²) in [5.41, 5.74) is 1.79. The van der Waals surface area contributed by atoms with Crippen LogP contribution in [0.5, 0.6) is 0 Å². The van der Waals surface area contributed by atoms with Gasteiger partial charge in [-0.2, -0.15) is 13.2 Å². The molecule has 0 aliphatic carbocycles. The lowest BCUT2D eigenvalue weighted by atomic mass is 10.1. The number of rotatable bonds is 3. The third-order valence-corrected chi connectivity index (χ3v) is 3.20. The minimum absolute atomic E-state index is 0.0802. The summed E-state index contributed by atoms with van der Waals surface area (Å²) in [5.74, 6) is -0.294. The highest BCUT2D eigenvalue weighted by molar-refractivity contribution is 5.81. The molecule has 1 atom stereocenters. The Kier molecular flexibility index (Phi) is 3.80. The lowest BCUT2D eigenvalue weighted by Gasteiger charge is -2.26. The van der Waals surface area contributed by atoms with Gasteiger partial charge in [-0.05, 0) is 18.1 Å². The number of carbonyl (C=O) groups excluding carboxylic acids is 1.